The van der Waals surface area contributed by atoms with Gasteiger partial charge in [0, 0.05) is 23.7 Å². The van der Waals surface area contributed by atoms with Gasteiger partial charge in [-0.3, -0.25) is 9.59 Å². The summed E-state index contributed by atoms with van der Waals surface area (Å²) in [6.45, 7) is 1.13. The van der Waals surface area contributed by atoms with Crippen molar-refractivity contribution < 1.29 is 9.59 Å². The van der Waals surface area contributed by atoms with Crippen LogP contribution in [0, 0.1) is 0 Å². The minimum absolute atomic E-state index is 0.0755. The largest absolute Gasteiger partial charge is 0.354 e. The van der Waals surface area contributed by atoms with E-state index in [1.165, 1.54) is 0 Å². The lowest BCUT2D eigenvalue weighted by atomic mass is 10.1. The molecular weight excluding hydrogens is 312 g/mol. The van der Waals surface area contributed by atoms with Crippen molar-refractivity contribution in [2.45, 2.75) is 13.0 Å². The van der Waals surface area contributed by atoms with Gasteiger partial charge < -0.3 is 10.2 Å². The van der Waals surface area contributed by atoms with Crippen LogP contribution >= 0.6 is 11.6 Å². The molecule has 2 aromatic rings. The molecule has 1 aliphatic heterocycles. The first kappa shape index (κ1) is 15.6. The molecule has 118 valence electrons. The van der Waals surface area contributed by atoms with E-state index in [-0.39, 0.29) is 18.4 Å². The van der Waals surface area contributed by atoms with Gasteiger partial charge >= 0.3 is 0 Å². The van der Waals surface area contributed by atoms with Crippen LogP contribution < -0.4 is 5.32 Å². The van der Waals surface area contributed by atoms with Gasteiger partial charge in [0.1, 0.15) is 6.54 Å². The molecule has 0 bridgehead atoms. The first-order valence-electron chi connectivity index (χ1n) is 7.52. The molecule has 0 fully saturated rings. The molecule has 3 rings (SSSR count). The zero-order valence-electron chi connectivity index (χ0n) is 12.6. The molecule has 0 saturated heterocycles. The topological polar surface area (TPSA) is 49.4 Å². The van der Waals surface area contributed by atoms with E-state index in [0.29, 0.717) is 23.7 Å². The summed E-state index contributed by atoms with van der Waals surface area (Å²) in [5.74, 6) is -0.214. The van der Waals surface area contributed by atoms with Gasteiger partial charge in [-0.1, -0.05) is 41.9 Å². The Bertz CT molecular complexity index is 728. The number of benzene rings is 2. The molecule has 2 aromatic carbocycles. The lowest BCUT2D eigenvalue weighted by molar-refractivity contribution is -0.121. The smallest absolute Gasteiger partial charge is 0.254 e. The summed E-state index contributed by atoms with van der Waals surface area (Å²) in [5.41, 5.74) is 2.78. The van der Waals surface area contributed by atoms with Gasteiger partial charge in [-0.15, -0.1) is 0 Å². The van der Waals surface area contributed by atoms with Gasteiger partial charge in [-0.25, -0.2) is 0 Å². The van der Waals surface area contributed by atoms with Crippen LogP contribution in [-0.4, -0.2) is 29.8 Å². The molecule has 0 aromatic heterocycles. The van der Waals surface area contributed by atoms with E-state index >= 15 is 0 Å². The van der Waals surface area contributed by atoms with Gasteiger partial charge in [0.25, 0.3) is 5.91 Å². The average Bonchev–Trinajstić information content (AvgIpc) is 2.86. The van der Waals surface area contributed by atoms with Crippen molar-refractivity contribution in [2.75, 3.05) is 13.1 Å². The minimum Gasteiger partial charge on any atom is -0.354 e. The summed E-state index contributed by atoms with van der Waals surface area (Å²) < 4.78 is 0. The molecule has 0 saturated carbocycles. The third-order valence-corrected chi connectivity index (χ3v) is 4.13. The van der Waals surface area contributed by atoms with E-state index < -0.39 is 0 Å². The Labute approximate surface area is 140 Å². The van der Waals surface area contributed by atoms with Crippen LogP contribution in [0.4, 0.5) is 0 Å². The fourth-order valence-electron chi connectivity index (χ4n) is 2.67. The number of fused-ring (bicyclic) bond motifs is 1. The lowest BCUT2D eigenvalue weighted by Crippen LogP contribution is -2.38. The quantitative estimate of drug-likeness (QED) is 0.917. The average molecular weight is 329 g/mol. The van der Waals surface area contributed by atoms with Crippen LogP contribution in [0.15, 0.2) is 48.5 Å². The zero-order valence-corrected chi connectivity index (χ0v) is 13.3. The van der Waals surface area contributed by atoms with Crippen LogP contribution in [0.5, 0.6) is 0 Å². The van der Waals surface area contributed by atoms with E-state index in [1.54, 1.807) is 11.0 Å². The molecule has 1 heterocycles. The van der Waals surface area contributed by atoms with Crippen molar-refractivity contribution in [2.24, 2.45) is 0 Å². The Morgan fingerprint density at radius 2 is 1.87 bits per heavy atom. The maximum atomic E-state index is 12.2. The highest BCUT2D eigenvalue weighted by Gasteiger charge is 2.27. The van der Waals surface area contributed by atoms with Crippen molar-refractivity contribution in [3.63, 3.8) is 0 Å². The van der Waals surface area contributed by atoms with Crippen molar-refractivity contribution >= 4 is 23.4 Å². The van der Waals surface area contributed by atoms with E-state index in [2.05, 4.69) is 5.32 Å². The van der Waals surface area contributed by atoms with E-state index in [9.17, 15) is 9.59 Å². The summed E-state index contributed by atoms with van der Waals surface area (Å²) in [6, 6.07) is 15.0. The first-order chi connectivity index (χ1) is 11.1. The molecular formula is C18H17ClN2O2. The fraction of sp³-hybridized carbons (Fsp3) is 0.222. The summed E-state index contributed by atoms with van der Waals surface area (Å²) in [7, 11) is 0. The molecule has 1 aliphatic rings. The molecule has 0 radical (unpaired) electrons. The highest BCUT2D eigenvalue weighted by atomic mass is 35.5. The Hall–Kier alpha value is -2.33. The second-order valence-corrected chi connectivity index (χ2v) is 5.98. The predicted octanol–water partition coefficient (Wildman–Crippen LogP) is 2.65. The van der Waals surface area contributed by atoms with Gasteiger partial charge in [0.2, 0.25) is 5.91 Å². The predicted molar refractivity (Wildman–Crippen MR) is 89.3 cm³/mol. The second-order valence-electron chi connectivity index (χ2n) is 5.54. The summed E-state index contributed by atoms with van der Waals surface area (Å²) in [5, 5.41) is 3.55. The molecule has 23 heavy (non-hydrogen) atoms. The van der Waals surface area contributed by atoms with Gasteiger partial charge in [0.05, 0.1) is 0 Å². The van der Waals surface area contributed by atoms with Crippen molar-refractivity contribution in [1.82, 2.24) is 10.2 Å². The third kappa shape index (κ3) is 3.71. The highest BCUT2D eigenvalue weighted by Crippen LogP contribution is 2.21. The second kappa shape index (κ2) is 6.84. The number of nitrogens with one attached hydrogen (secondary N) is 1. The zero-order chi connectivity index (χ0) is 16.2. The number of nitrogens with zero attached hydrogens (tertiary/aromatic N) is 1. The Kier molecular flexibility index (Phi) is 4.63. The Morgan fingerprint density at radius 3 is 2.61 bits per heavy atom. The van der Waals surface area contributed by atoms with Crippen molar-refractivity contribution in [3.8, 4) is 0 Å². The monoisotopic (exact) mass is 328 g/mol. The number of amides is 2. The third-order valence-electron chi connectivity index (χ3n) is 3.88. The maximum absolute atomic E-state index is 12.2. The van der Waals surface area contributed by atoms with Crippen molar-refractivity contribution in [3.05, 3.63) is 70.2 Å². The lowest BCUT2D eigenvalue weighted by Gasteiger charge is -2.15. The van der Waals surface area contributed by atoms with Gasteiger partial charge in [0.15, 0.2) is 0 Å². The molecule has 1 N–H and O–H groups in total. The van der Waals surface area contributed by atoms with Crippen LogP contribution in [-0.2, 0) is 17.8 Å². The molecule has 0 atom stereocenters. The molecule has 0 spiro atoms. The van der Waals surface area contributed by atoms with Crippen molar-refractivity contribution in [1.29, 1.82) is 0 Å². The van der Waals surface area contributed by atoms with E-state index in [0.717, 1.165) is 17.5 Å². The minimum atomic E-state index is -0.139. The SMILES string of the molecule is O=C(CN1Cc2ccccc2C1=O)NCCc1ccc(Cl)cc1. The molecule has 0 aliphatic carbocycles. The molecule has 2 amide bonds. The summed E-state index contributed by atoms with van der Waals surface area (Å²) in [6.07, 6.45) is 0.733. The number of hydrogen-bond donors (Lipinski definition) is 1. The van der Waals surface area contributed by atoms with Crippen LogP contribution in [0.3, 0.4) is 0 Å². The number of carbonyl (C=O) groups excluding carboxylic acids is 2. The number of hydrogen-bond acceptors (Lipinski definition) is 2. The number of rotatable bonds is 5. The summed E-state index contributed by atoms with van der Waals surface area (Å²) >= 11 is 5.84. The molecule has 0 unspecified atom stereocenters. The van der Waals surface area contributed by atoms with Crippen LogP contribution in [0.25, 0.3) is 0 Å². The maximum Gasteiger partial charge on any atom is 0.254 e. The van der Waals surface area contributed by atoms with Gasteiger partial charge in [-0.05, 0) is 35.7 Å². The molecule has 5 heteroatoms. The normalized spacial score (nSPS) is 13.1. The highest BCUT2D eigenvalue weighted by molar-refractivity contribution is 6.30. The van der Waals surface area contributed by atoms with E-state index in [1.807, 2.05) is 42.5 Å². The Morgan fingerprint density at radius 1 is 1.13 bits per heavy atom. The number of halogens is 1. The van der Waals surface area contributed by atoms with Crippen LogP contribution in [0.1, 0.15) is 21.5 Å². The Balaban J connectivity index is 1.47. The number of carbonyl (C=O) groups is 2. The standard InChI is InChI=1S/C18H17ClN2O2/c19-15-7-5-13(6-8-15)9-10-20-17(22)12-21-11-14-3-1-2-4-16(14)18(21)23/h1-8H,9-12H2,(H,20,22). The molecule has 4 nitrogen and oxygen atoms in total. The van der Waals surface area contributed by atoms with Gasteiger partial charge in [-0.2, -0.15) is 0 Å². The first-order valence-corrected chi connectivity index (χ1v) is 7.89. The van der Waals surface area contributed by atoms with E-state index in [4.69, 9.17) is 11.6 Å². The fourth-order valence-corrected chi connectivity index (χ4v) is 2.79. The van der Waals surface area contributed by atoms with Crippen LogP contribution in [0.2, 0.25) is 5.02 Å². The summed E-state index contributed by atoms with van der Waals surface area (Å²) in [4.78, 5) is 25.8.